The third-order valence-electron chi connectivity index (χ3n) is 8.20. The van der Waals surface area contributed by atoms with Crippen LogP contribution in [0.5, 0.6) is 0 Å². The van der Waals surface area contributed by atoms with Crippen LogP contribution < -0.4 is 15.5 Å². The summed E-state index contributed by atoms with van der Waals surface area (Å²) < 4.78 is 57.0. The van der Waals surface area contributed by atoms with Gasteiger partial charge in [0, 0.05) is 54.7 Å². The minimum absolute atomic E-state index is 0.0272. The lowest BCUT2D eigenvalue weighted by Crippen LogP contribution is -2.61. The van der Waals surface area contributed by atoms with Gasteiger partial charge >= 0.3 is 6.18 Å². The number of hydrogen-bond donors (Lipinski definition) is 2. The molecule has 0 saturated carbocycles. The van der Waals surface area contributed by atoms with E-state index in [1.54, 1.807) is 11.0 Å². The van der Waals surface area contributed by atoms with Gasteiger partial charge in [0.15, 0.2) is 11.6 Å². The second-order valence-electron chi connectivity index (χ2n) is 12.0. The first-order chi connectivity index (χ1) is 18.2. The van der Waals surface area contributed by atoms with Crippen molar-refractivity contribution in [3.8, 4) is 0 Å². The van der Waals surface area contributed by atoms with Crippen molar-refractivity contribution in [1.82, 2.24) is 19.8 Å². The van der Waals surface area contributed by atoms with Crippen LogP contribution in [0.15, 0.2) is 24.4 Å². The molecular weight excluding hydrogens is 510 g/mol. The van der Waals surface area contributed by atoms with E-state index in [1.165, 1.54) is 6.07 Å². The highest BCUT2D eigenvalue weighted by Crippen LogP contribution is 2.40. The normalized spacial score (nSPS) is 20.7. The van der Waals surface area contributed by atoms with Crippen molar-refractivity contribution in [3.05, 3.63) is 35.8 Å². The fourth-order valence-corrected chi connectivity index (χ4v) is 5.97. The zero-order valence-electron chi connectivity index (χ0n) is 23.8. The summed E-state index contributed by atoms with van der Waals surface area (Å²) in [6, 6.07) is 4.13. The van der Waals surface area contributed by atoms with E-state index < -0.39 is 17.6 Å². The summed E-state index contributed by atoms with van der Waals surface area (Å²) in [5.74, 6) is -0.547. The Bertz CT molecular complexity index is 1130. The Kier molecular flexibility index (Phi) is 8.33. The third kappa shape index (κ3) is 6.74. The van der Waals surface area contributed by atoms with Crippen LogP contribution in [0, 0.1) is 5.82 Å². The van der Waals surface area contributed by atoms with Gasteiger partial charge < -0.3 is 15.5 Å². The molecule has 2 aromatic rings. The maximum Gasteiger partial charge on any atom is 0.418 e. The number of piperazine rings is 1. The molecule has 0 radical (unpaired) electrons. The largest absolute Gasteiger partial charge is 0.418 e. The van der Waals surface area contributed by atoms with E-state index in [1.807, 2.05) is 0 Å². The molecule has 3 heterocycles. The van der Waals surface area contributed by atoms with E-state index in [0.29, 0.717) is 13.1 Å². The monoisotopic (exact) mass is 551 g/mol. The second kappa shape index (κ2) is 11.1. The number of halogens is 4. The molecule has 39 heavy (non-hydrogen) atoms. The molecule has 0 atom stereocenters. The molecule has 1 aromatic carbocycles. The molecule has 7 nitrogen and oxygen atoms in total. The lowest BCUT2D eigenvalue weighted by molar-refractivity contribution is -0.137. The summed E-state index contributed by atoms with van der Waals surface area (Å²) in [6.07, 6.45) is -0.912. The second-order valence-corrected chi connectivity index (χ2v) is 12.0. The molecule has 0 unspecified atom stereocenters. The van der Waals surface area contributed by atoms with Crippen LogP contribution in [-0.4, -0.2) is 76.7 Å². The van der Waals surface area contributed by atoms with E-state index >= 15 is 0 Å². The summed E-state index contributed by atoms with van der Waals surface area (Å²) in [5, 5.41) is 6.07. The SMILES string of the molecule is CCCN1CCN(c2ccc(Nc3ncc(F)c(NC4CC(C)(C)N(C)C(C)(C)C4)n3)cc2C(F)(F)F)CC1. The van der Waals surface area contributed by atoms with E-state index in [9.17, 15) is 17.6 Å². The van der Waals surface area contributed by atoms with E-state index in [2.05, 4.69) is 72.1 Å². The number of rotatable bonds is 7. The first kappa shape index (κ1) is 29.3. The fourth-order valence-electron chi connectivity index (χ4n) is 5.97. The molecule has 2 saturated heterocycles. The van der Waals surface area contributed by atoms with Gasteiger partial charge in [0.05, 0.1) is 11.8 Å². The number of benzene rings is 1. The quantitative estimate of drug-likeness (QED) is 0.411. The first-order valence-corrected chi connectivity index (χ1v) is 13.7. The fraction of sp³-hybridized carbons (Fsp3) is 0.643. The molecule has 2 aliphatic rings. The number of nitrogens with one attached hydrogen (secondary N) is 2. The molecule has 0 bridgehead atoms. The van der Waals surface area contributed by atoms with Gasteiger partial charge in [-0.25, -0.2) is 9.37 Å². The Balaban J connectivity index is 1.52. The predicted molar refractivity (Wildman–Crippen MR) is 148 cm³/mol. The van der Waals surface area contributed by atoms with Crippen molar-refractivity contribution < 1.29 is 17.6 Å². The number of anilines is 4. The number of alkyl halides is 3. The van der Waals surface area contributed by atoms with Crippen LogP contribution in [0.25, 0.3) is 0 Å². The summed E-state index contributed by atoms with van der Waals surface area (Å²) in [7, 11) is 2.09. The van der Waals surface area contributed by atoms with Gasteiger partial charge in [0.25, 0.3) is 0 Å². The van der Waals surface area contributed by atoms with Crippen molar-refractivity contribution >= 4 is 23.1 Å². The predicted octanol–water partition coefficient (Wildman–Crippen LogP) is 5.97. The summed E-state index contributed by atoms with van der Waals surface area (Å²) in [5.41, 5.74) is -0.577. The van der Waals surface area contributed by atoms with Crippen LogP contribution in [-0.2, 0) is 6.18 Å². The Labute approximate surface area is 229 Å². The summed E-state index contributed by atoms with van der Waals surface area (Å²) in [6.45, 7) is 14.2. The number of aromatic nitrogens is 2. The third-order valence-corrected chi connectivity index (χ3v) is 8.20. The Hall–Kier alpha value is -2.66. The van der Waals surface area contributed by atoms with E-state index in [4.69, 9.17) is 0 Å². The number of likely N-dealkylation sites (tertiary alicyclic amines) is 1. The minimum Gasteiger partial charge on any atom is -0.368 e. The van der Waals surface area contributed by atoms with Gasteiger partial charge in [-0.1, -0.05) is 6.92 Å². The molecule has 11 heteroatoms. The van der Waals surface area contributed by atoms with Crippen LogP contribution >= 0.6 is 0 Å². The van der Waals surface area contributed by atoms with Crippen molar-refractivity contribution in [3.63, 3.8) is 0 Å². The van der Waals surface area contributed by atoms with Gasteiger partial charge in [-0.2, -0.15) is 18.2 Å². The lowest BCUT2D eigenvalue weighted by Gasteiger charge is -2.53. The molecule has 4 rings (SSSR count). The highest BCUT2D eigenvalue weighted by Gasteiger charge is 2.43. The van der Waals surface area contributed by atoms with Crippen molar-refractivity contribution in [2.45, 2.75) is 77.2 Å². The topological polar surface area (TPSA) is 59.6 Å². The smallest absolute Gasteiger partial charge is 0.368 e. The molecule has 1 aromatic heterocycles. The standard InChI is InChI=1S/C28H41F4N7/c1-7-10-38-11-13-39(14-12-38)23-9-8-19(15-21(23)28(30,31)32)35-25-33-18-22(29)24(36-25)34-20-16-26(2,3)37(6)27(4,5)17-20/h8-9,15,18,20H,7,10-14,16-17H2,1-6H3,(H2,33,34,35,36). The molecular formula is C28H41F4N7. The lowest BCUT2D eigenvalue weighted by atomic mass is 9.77. The highest BCUT2D eigenvalue weighted by atomic mass is 19.4. The molecule has 2 fully saturated rings. The van der Waals surface area contributed by atoms with Crippen LogP contribution in [0.3, 0.4) is 0 Å². The van der Waals surface area contributed by atoms with E-state index in [-0.39, 0.29) is 40.3 Å². The molecule has 0 spiro atoms. The van der Waals surface area contributed by atoms with E-state index in [0.717, 1.165) is 51.2 Å². The van der Waals surface area contributed by atoms with Gasteiger partial charge in [-0.05, 0) is 78.7 Å². The zero-order valence-corrected chi connectivity index (χ0v) is 23.8. The van der Waals surface area contributed by atoms with Crippen LogP contribution in [0.1, 0.15) is 59.4 Å². The zero-order chi connectivity index (χ0) is 28.6. The molecule has 2 N–H and O–H groups in total. The van der Waals surface area contributed by atoms with Crippen LogP contribution in [0.4, 0.5) is 40.7 Å². The van der Waals surface area contributed by atoms with Crippen LogP contribution in [0.2, 0.25) is 0 Å². The Morgan fingerprint density at radius 2 is 1.67 bits per heavy atom. The average molecular weight is 552 g/mol. The Morgan fingerprint density at radius 3 is 2.26 bits per heavy atom. The molecule has 216 valence electrons. The minimum atomic E-state index is -4.53. The summed E-state index contributed by atoms with van der Waals surface area (Å²) >= 11 is 0. The maximum atomic E-state index is 14.7. The van der Waals surface area contributed by atoms with Gasteiger partial charge in [-0.3, -0.25) is 9.80 Å². The summed E-state index contributed by atoms with van der Waals surface area (Å²) in [4.78, 5) is 14.7. The molecule has 0 amide bonds. The maximum absolute atomic E-state index is 14.7. The Morgan fingerprint density at radius 1 is 1.03 bits per heavy atom. The van der Waals surface area contributed by atoms with Gasteiger partial charge in [0.2, 0.25) is 5.95 Å². The molecule has 0 aliphatic carbocycles. The molecule has 2 aliphatic heterocycles. The van der Waals surface area contributed by atoms with Gasteiger partial charge in [0.1, 0.15) is 0 Å². The number of piperidine rings is 1. The number of hydrogen-bond acceptors (Lipinski definition) is 7. The first-order valence-electron chi connectivity index (χ1n) is 13.7. The van der Waals surface area contributed by atoms with Crippen molar-refractivity contribution in [2.24, 2.45) is 0 Å². The number of nitrogens with zero attached hydrogens (tertiary/aromatic N) is 5. The van der Waals surface area contributed by atoms with Crippen molar-refractivity contribution in [1.29, 1.82) is 0 Å². The highest BCUT2D eigenvalue weighted by molar-refractivity contribution is 5.65. The van der Waals surface area contributed by atoms with Gasteiger partial charge in [-0.15, -0.1) is 0 Å². The van der Waals surface area contributed by atoms with Crippen molar-refractivity contribution in [2.75, 3.05) is 55.3 Å². The average Bonchev–Trinajstić information content (AvgIpc) is 2.84.